The molecule has 7 nitrogen and oxygen atoms in total. The summed E-state index contributed by atoms with van der Waals surface area (Å²) in [6.45, 7) is 2.09. The van der Waals surface area contributed by atoms with Crippen LogP contribution in [0.3, 0.4) is 0 Å². The fourth-order valence-corrected chi connectivity index (χ4v) is 3.18. The topological polar surface area (TPSA) is 87.7 Å². The first kappa shape index (κ1) is 19.4. The van der Waals surface area contributed by atoms with Crippen LogP contribution in [0.15, 0.2) is 67.0 Å². The number of nitrogens with zero attached hydrogens (tertiary/aromatic N) is 5. The van der Waals surface area contributed by atoms with E-state index >= 15 is 0 Å². The van der Waals surface area contributed by atoms with Crippen molar-refractivity contribution in [3.05, 3.63) is 78.4 Å². The molecule has 0 spiro atoms. The molecule has 150 valence electrons. The summed E-state index contributed by atoms with van der Waals surface area (Å²) in [7, 11) is 0. The Morgan fingerprint density at radius 1 is 1.07 bits per heavy atom. The Bertz CT molecular complexity index is 1130. The summed E-state index contributed by atoms with van der Waals surface area (Å²) in [5.41, 5.74) is 3.86. The number of aromatic nitrogens is 5. The second kappa shape index (κ2) is 8.60. The van der Waals surface area contributed by atoms with Gasteiger partial charge in [0.2, 0.25) is 11.7 Å². The minimum absolute atomic E-state index is 0.115. The summed E-state index contributed by atoms with van der Waals surface area (Å²) in [5, 5.41) is 13.6. The number of hydrogen-bond acceptors (Lipinski definition) is 5. The Morgan fingerprint density at radius 3 is 2.57 bits per heavy atom. The summed E-state index contributed by atoms with van der Waals surface area (Å²) in [5.74, 6) is -0.329. The second-order valence-electron chi connectivity index (χ2n) is 6.71. The number of nitrogens with one attached hydrogen (secondary N) is 1. The maximum absolute atomic E-state index is 14.3. The SMILES string of the molecule is CCC(=O)N(Cc1ccc(-c2cccnc2)cc1)c1cc(F)cc(-c2nn[nH]n2)c1. The van der Waals surface area contributed by atoms with Crippen molar-refractivity contribution in [1.82, 2.24) is 25.6 Å². The highest BCUT2D eigenvalue weighted by Crippen LogP contribution is 2.26. The first-order valence-corrected chi connectivity index (χ1v) is 9.48. The quantitative estimate of drug-likeness (QED) is 0.526. The number of anilines is 1. The highest BCUT2D eigenvalue weighted by atomic mass is 19.1. The standard InChI is InChI=1S/C22H19FN6O/c1-2-21(30)29(20-11-18(10-19(23)12-20)22-25-27-28-26-22)14-15-5-7-16(8-6-15)17-4-3-9-24-13-17/h3-13H,2,14H2,1H3,(H,25,26,27,28). The Labute approximate surface area is 172 Å². The summed E-state index contributed by atoms with van der Waals surface area (Å²) in [4.78, 5) is 18.4. The van der Waals surface area contributed by atoms with Crippen LogP contribution in [0, 0.1) is 5.82 Å². The van der Waals surface area contributed by atoms with Gasteiger partial charge in [-0.2, -0.15) is 5.21 Å². The number of aromatic amines is 1. The average molecular weight is 402 g/mol. The van der Waals surface area contributed by atoms with E-state index in [-0.39, 0.29) is 11.7 Å². The van der Waals surface area contributed by atoms with Gasteiger partial charge in [0, 0.05) is 30.1 Å². The molecule has 0 fully saturated rings. The van der Waals surface area contributed by atoms with Gasteiger partial charge in [-0.25, -0.2) is 4.39 Å². The van der Waals surface area contributed by atoms with Crippen LogP contribution in [0.1, 0.15) is 18.9 Å². The van der Waals surface area contributed by atoms with E-state index in [1.165, 1.54) is 12.1 Å². The Hall–Kier alpha value is -3.94. The first-order valence-electron chi connectivity index (χ1n) is 9.48. The van der Waals surface area contributed by atoms with E-state index < -0.39 is 5.82 Å². The maximum Gasteiger partial charge on any atom is 0.227 e. The molecule has 0 bridgehead atoms. The summed E-state index contributed by atoms with van der Waals surface area (Å²) in [6, 6.07) is 16.1. The molecular weight excluding hydrogens is 383 g/mol. The molecule has 0 aliphatic heterocycles. The number of pyridine rings is 1. The minimum Gasteiger partial charge on any atom is -0.308 e. The Morgan fingerprint density at radius 2 is 1.90 bits per heavy atom. The smallest absolute Gasteiger partial charge is 0.227 e. The van der Waals surface area contributed by atoms with Gasteiger partial charge in [0.15, 0.2) is 0 Å². The van der Waals surface area contributed by atoms with E-state index in [0.717, 1.165) is 16.7 Å². The van der Waals surface area contributed by atoms with Crippen molar-refractivity contribution in [2.24, 2.45) is 0 Å². The summed E-state index contributed by atoms with van der Waals surface area (Å²) in [6.07, 6.45) is 3.82. The molecule has 0 radical (unpaired) electrons. The third-order valence-corrected chi connectivity index (χ3v) is 4.69. The molecule has 0 aliphatic carbocycles. The van der Waals surface area contributed by atoms with E-state index in [0.29, 0.717) is 24.2 Å². The third kappa shape index (κ3) is 4.22. The molecule has 4 rings (SSSR count). The first-order chi connectivity index (χ1) is 14.6. The van der Waals surface area contributed by atoms with Crippen LogP contribution in [0.2, 0.25) is 0 Å². The van der Waals surface area contributed by atoms with Gasteiger partial charge in [-0.3, -0.25) is 9.78 Å². The van der Waals surface area contributed by atoms with Crippen LogP contribution in [0.25, 0.3) is 22.5 Å². The van der Waals surface area contributed by atoms with E-state index in [1.54, 1.807) is 30.3 Å². The highest BCUT2D eigenvalue weighted by Gasteiger charge is 2.18. The van der Waals surface area contributed by atoms with Gasteiger partial charge in [-0.1, -0.05) is 37.3 Å². The monoisotopic (exact) mass is 402 g/mol. The second-order valence-corrected chi connectivity index (χ2v) is 6.71. The lowest BCUT2D eigenvalue weighted by Gasteiger charge is -2.23. The van der Waals surface area contributed by atoms with Crippen LogP contribution >= 0.6 is 0 Å². The summed E-state index contributed by atoms with van der Waals surface area (Å²) >= 11 is 0. The van der Waals surface area contributed by atoms with E-state index in [2.05, 4.69) is 25.6 Å². The molecule has 0 saturated heterocycles. The number of carbonyl (C=O) groups is 1. The Kier molecular flexibility index (Phi) is 5.56. The maximum atomic E-state index is 14.3. The van der Waals surface area contributed by atoms with Crippen LogP contribution in [-0.2, 0) is 11.3 Å². The predicted octanol–water partition coefficient (Wildman–Crippen LogP) is 4.01. The van der Waals surface area contributed by atoms with E-state index in [4.69, 9.17) is 0 Å². The molecule has 0 atom stereocenters. The normalized spacial score (nSPS) is 10.7. The number of amides is 1. The van der Waals surface area contributed by atoms with Crippen molar-refractivity contribution < 1.29 is 9.18 Å². The van der Waals surface area contributed by atoms with Crippen LogP contribution in [0.4, 0.5) is 10.1 Å². The van der Waals surface area contributed by atoms with Crippen molar-refractivity contribution in [2.45, 2.75) is 19.9 Å². The molecular formula is C22H19FN6O. The van der Waals surface area contributed by atoms with Crippen LogP contribution in [-0.4, -0.2) is 31.5 Å². The molecule has 8 heteroatoms. The lowest BCUT2D eigenvalue weighted by Crippen LogP contribution is -2.29. The number of H-pyrrole nitrogens is 1. The lowest BCUT2D eigenvalue weighted by atomic mass is 10.0. The fraction of sp³-hybridized carbons (Fsp3) is 0.136. The number of rotatable bonds is 6. The van der Waals surface area contributed by atoms with Crippen molar-refractivity contribution >= 4 is 11.6 Å². The molecule has 2 aromatic carbocycles. The molecule has 0 unspecified atom stereocenters. The van der Waals surface area contributed by atoms with E-state index in [1.807, 2.05) is 36.4 Å². The molecule has 1 amide bonds. The van der Waals surface area contributed by atoms with Gasteiger partial charge in [0.25, 0.3) is 0 Å². The number of carbonyl (C=O) groups excluding carboxylic acids is 1. The average Bonchev–Trinajstić information content (AvgIpc) is 3.33. The van der Waals surface area contributed by atoms with Gasteiger partial charge < -0.3 is 4.90 Å². The van der Waals surface area contributed by atoms with Gasteiger partial charge in [0.1, 0.15) is 5.82 Å². The third-order valence-electron chi connectivity index (χ3n) is 4.69. The minimum atomic E-state index is -0.479. The van der Waals surface area contributed by atoms with Gasteiger partial charge in [-0.05, 0) is 46.2 Å². The molecule has 2 heterocycles. The molecule has 0 saturated carbocycles. The molecule has 30 heavy (non-hydrogen) atoms. The van der Waals surface area contributed by atoms with Crippen molar-refractivity contribution in [2.75, 3.05) is 4.90 Å². The number of halogens is 1. The fourth-order valence-electron chi connectivity index (χ4n) is 3.18. The zero-order valence-corrected chi connectivity index (χ0v) is 16.3. The van der Waals surface area contributed by atoms with Gasteiger partial charge in [0.05, 0.1) is 6.54 Å². The van der Waals surface area contributed by atoms with Crippen LogP contribution < -0.4 is 4.90 Å². The Balaban J connectivity index is 1.63. The van der Waals surface area contributed by atoms with Crippen molar-refractivity contribution in [3.8, 4) is 22.5 Å². The highest BCUT2D eigenvalue weighted by molar-refractivity contribution is 5.93. The zero-order chi connectivity index (χ0) is 20.9. The van der Waals surface area contributed by atoms with Gasteiger partial charge in [-0.15, -0.1) is 10.2 Å². The lowest BCUT2D eigenvalue weighted by molar-refractivity contribution is -0.118. The molecule has 1 N–H and O–H groups in total. The molecule has 2 aromatic heterocycles. The zero-order valence-electron chi connectivity index (χ0n) is 16.3. The van der Waals surface area contributed by atoms with Crippen molar-refractivity contribution in [3.63, 3.8) is 0 Å². The number of tetrazole rings is 1. The van der Waals surface area contributed by atoms with Gasteiger partial charge >= 0.3 is 0 Å². The molecule has 0 aliphatic rings. The molecule has 4 aromatic rings. The number of benzene rings is 2. The number of hydrogen-bond donors (Lipinski definition) is 1. The largest absolute Gasteiger partial charge is 0.308 e. The predicted molar refractivity (Wildman–Crippen MR) is 111 cm³/mol. The van der Waals surface area contributed by atoms with E-state index in [9.17, 15) is 9.18 Å². The van der Waals surface area contributed by atoms with Crippen molar-refractivity contribution in [1.29, 1.82) is 0 Å². The van der Waals surface area contributed by atoms with Crippen LogP contribution in [0.5, 0.6) is 0 Å². The summed E-state index contributed by atoms with van der Waals surface area (Å²) < 4.78 is 14.3.